The maximum atomic E-state index is 11.5. The van der Waals surface area contributed by atoms with E-state index in [0.29, 0.717) is 0 Å². The molecule has 0 aliphatic carbocycles. The Kier molecular flexibility index (Phi) is 3.55. The standard InChI is InChI=1S/C15H17NO/c1-11(17)15(16-2)10-13-8-5-7-12-6-3-4-9-14(12)13/h3-9,15-16H,10H2,1-2H3/t15-/m0/s1. The van der Waals surface area contributed by atoms with E-state index in [-0.39, 0.29) is 11.8 Å². The fraction of sp³-hybridized carbons (Fsp3) is 0.267. The Hall–Kier alpha value is -1.67. The van der Waals surface area contributed by atoms with Gasteiger partial charge >= 0.3 is 0 Å². The van der Waals surface area contributed by atoms with E-state index in [0.717, 1.165) is 6.42 Å². The first-order chi connectivity index (χ1) is 8.22. The molecule has 1 N–H and O–H groups in total. The van der Waals surface area contributed by atoms with Gasteiger partial charge in [0.15, 0.2) is 0 Å². The zero-order valence-electron chi connectivity index (χ0n) is 10.2. The molecule has 0 bridgehead atoms. The summed E-state index contributed by atoms with van der Waals surface area (Å²) in [6, 6.07) is 14.4. The number of likely N-dealkylation sites (N-methyl/N-ethyl adjacent to an activating group) is 1. The van der Waals surface area contributed by atoms with Crippen molar-refractivity contribution in [2.24, 2.45) is 0 Å². The molecule has 0 saturated heterocycles. The van der Waals surface area contributed by atoms with Crippen molar-refractivity contribution in [3.63, 3.8) is 0 Å². The quantitative estimate of drug-likeness (QED) is 0.869. The van der Waals surface area contributed by atoms with E-state index >= 15 is 0 Å². The topological polar surface area (TPSA) is 29.1 Å². The van der Waals surface area contributed by atoms with Crippen LogP contribution in [0, 0.1) is 0 Å². The highest BCUT2D eigenvalue weighted by Gasteiger charge is 2.13. The predicted molar refractivity (Wildman–Crippen MR) is 71.2 cm³/mol. The molecule has 0 aliphatic rings. The van der Waals surface area contributed by atoms with E-state index in [1.165, 1.54) is 16.3 Å². The van der Waals surface area contributed by atoms with Gasteiger partial charge in [-0.1, -0.05) is 42.5 Å². The number of hydrogen-bond donors (Lipinski definition) is 1. The van der Waals surface area contributed by atoms with Crippen LogP contribution in [0.3, 0.4) is 0 Å². The van der Waals surface area contributed by atoms with Gasteiger partial charge in [0.1, 0.15) is 5.78 Å². The van der Waals surface area contributed by atoms with Crippen LogP contribution < -0.4 is 5.32 Å². The highest BCUT2D eigenvalue weighted by atomic mass is 16.1. The molecule has 0 spiro atoms. The number of hydrogen-bond acceptors (Lipinski definition) is 2. The predicted octanol–water partition coefficient (Wildman–Crippen LogP) is 2.56. The summed E-state index contributed by atoms with van der Waals surface area (Å²) in [5.74, 6) is 0.181. The minimum absolute atomic E-state index is 0.0965. The van der Waals surface area contributed by atoms with Crippen LogP contribution in [0.2, 0.25) is 0 Å². The van der Waals surface area contributed by atoms with Crippen molar-refractivity contribution >= 4 is 16.6 Å². The number of carbonyl (C=O) groups is 1. The third-order valence-corrected chi connectivity index (χ3v) is 3.14. The molecule has 0 unspecified atom stereocenters. The molecule has 0 amide bonds. The third kappa shape index (κ3) is 2.53. The van der Waals surface area contributed by atoms with Crippen molar-refractivity contribution in [1.82, 2.24) is 5.32 Å². The molecule has 88 valence electrons. The van der Waals surface area contributed by atoms with Crippen molar-refractivity contribution in [1.29, 1.82) is 0 Å². The number of nitrogens with one attached hydrogen (secondary N) is 1. The van der Waals surface area contributed by atoms with Gasteiger partial charge in [0.05, 0.1) is 6.04 Å². The van der Waals surface area contributed by atoms with Gasteiger partial charge in [0.25, 0.3) is 0 Å². The SMILES string of the molecule is CN[C@@H](Cc1cccc2ccccc12)C(C)=O. The molecule has 0 aliphatic heterocycles. The van der Waals surface area contributed by atoms with E-state index in [1.807, 2.05) is 25.2 Å². The van der Waals surface area contributed by atoms with E-state index in [1.54, 1.807) is 6.92 Å². The molecule has 2 aromatic carbocycles. The second-order valence-electron chi connectivity index (χ2n) is 4.29. The van der Waals surface area contributed by atoms with Crippen LogP contribution in [-0.2, 0) is 11.2 Å². The van der Waals surface area contributed by atoms with Gasteiger partial charge < -0.3 is 5.32 Å². The minimum atomic E-state index is -0.0965. The third-order valence-electron chi connectivity index (χ3n) is 3.14. The lowest BCUT2D eigenvalue weighted by Crippen LogP contribution is -2.34. The lowest BCUT2D eigenvalue weighted by Gasteiger charge is -2.14. The van der Waals surface area contributed by atoms with Gasteiger partial charge in [0, 0.05) is 0 Å². The molecule has 2 aromatic rings. The summed E-state index contributed by atoms with van der Waals surface area (Å²) < 4.78 is 0. The smallest absolute Gasteiger partial charge is 0.147 e. The molecular weight excluding hydrogens is 210 g/mol. The maximum absolute atomic E-state index is 11.5. The van der Waals surface area contributed by atoms with Crippen LogP contribution in [-0.4, -0.2) is 18.9 Å². The van der Waals surface area contributed by atoms with Crippen molar-refractivity contribution < 1.29 is 4.79 Å². The van der Waals surface area contributed by atoms with Gasteiger partial charge in [-0.2, -0.15) is 0 Å². The number of carbonyl (C=O) groups excluding carboxylic acids is 1. The van der Waals surface area contributed by atoms with Crippen molar-refractivity contribution in [3.05, 3.63) is 48.0 Å². The number of Topliss-reactive ketones (excluding diaryl/α,β-unsaturated/α-hetero) is 1. The van der Waals surface area contributed by atoms with Gasteiger partial charge in [-0.15, -0.1) is 0 Å². The molecular formula is C15H17NO. The number of rotatable bonds is 4. The summed E-state index contributed by atoms with van der Waals surface area (Å²) in [7, 11) is 1.83. The zero-order valence-corrected chi connectivity index (χ0v) is 10.2. The average Bonchev–Trinajstić information content (AvgIpc) is 2.35. The molecule has 2 heteroatoms. The van der Waals surface area contributed by atoms with E-state index in [4.69, 9.17) is 0 Å². The molecule has 2 rings (SSSR count). The Balaban J connectivity index is 2.38. The van der Waals surface area contributed by atoms with Crippen LogP contribution in [0.15, 0.2) is 42.5 Å². The Bertz CT molecular complexity index is 528. The van der Waals surface area contributed by atoms with Crippen molar-refractivity contribution in [3.8, 4) is 0 Å². The highest BCUT2D eigenvalue weighted by Crippen LogP contribution is 2.19. The molecule has 0 fully saturated rings. The van der Waals surface area contributed by atoms with Gasteiger partial charge in [-0.25, -0.2) is 0 Å². The van der Waals surface area contributed by atoms with Gasteiger partial charge in [0.2, 0.25) is 0 Å². The first-order valence-corrected chi connectivity index (χ1v) is 5.86. The molecule has 0 heterocycles. The van der Waals surface area contributed by atoms with E-state index in [9.17, 15) is 4.79 Å². The Morgan fingerprint density at radius 1 is 1.18 bits per heavy atom. The molecule has 1 atom stereocenters. The van der Waals surface area contributed by atoms with Crippen LogP contribution in [0.4, 0.5) is 0 Å². The molecule has 0 radical (unpaired) electrons. The number of benzene rings is 2. The fourth-order valence-corrected chi connectivity index (χ4v) is 2.14. The Morgan fingerprint density at radius 2 is 1.88 bits per heavy atom. The minimum Gasteiger partial charge on any atom is -0.310 e. The maximum Gasteiger partial charge on any atom is 0.147 e. The normalized spacial score (nSPS) is 12.6. The monoisotopic (exact) mass is 227 g/mol. The summed E-state index contributed by atoms with van der Waals surface area (Å²) in [5, 5.41) is 5.52. The molecule has 0 aromatic heterocycles. The molecule has 17 heavy (non-hydrogen) atoms. The summed E-state index contributed by atoms with van der Waals surface area (Å²) >= 11 is 0. The van der Waals surface area contributed by atoms with Gasteiger partial charge in [-0.05, 0) is 36.7 Å². The van der Waals surface area contributed by atoms with E-state index in [2.05, 4.69) is 29.6 Å². The first-order valence-electron chi connectivity index (χ1n) is 5.86. The van der Waals surface area contributed by atoms with Gasteiger partial charge in [-0.3, -0.25) is 4.79 Å². The Morgan fingerprint density at radius 3 is 2.59 bits per heavy atom. The van der Waals surface area contributed by atoms with Crippen LogP contribution in [0.1, 0.15) is 12.5 Å². The summed E-state index contributed by atoms with van der Waals surface area (Å²) in [6.45, 7) is 1.63. The lowest BCUT2D eigenvalue weighted by molar-refractivity contribution is -0.118. The summed E-state index contributed by atoms with van der Waals surface area (Å²) in [5.41, 5.74) is 1.22. The number of fused-ring (bicyclic) bond motifs is 1. The highest BCUT2D eigenvalue weighted by molar-refractivity contribution is 5.87. The van der Waals surface area contributed by atoms with Crippen molar-refractivity contribution in [2.75, 3.05) is 7.05 Å². The number of ketones is 1. The summed E-state index contributed by atoms with van der Waals surface area (Å²) in [4.78, 5) is 11.5. The molecule has 2 nitrogen and oxygen atoms in total. The Labute approximate surface area is 102 Å². The summed E-state index contributed by atoms with van der Waals surface area (Å²) in [6.07, 6.45) is 0.743. The van der Waals surface area contributed by atoms with Crippen molar-refractivity contribution in [2.45, 2.75) is 19.4 Å². The lowest BCUT2D eigenvalue weighted by atomic mass is 9.97. The van der Waals surface area contributed by atoms with Crippen LogP contribution in [0.5, 0.6) is 0 Å². The second-order valence-corrected chi connectivity index (χ2v) is 4.29. The molecule has 0 saturated carbocycles. The fourth-order valence-electron chi connectivity index (χ4n) is 2.14. The zero-order chi connectivity index (χ0) is 12.3. The largest absolute Gasteiger partial charge is 0.310 e. The average molecular weight is 227 g/mol. The first kappa shape index (κ1) is 11.8. The van der Waals surface area contributed by atoms with Crippen LogP contribution in [0.25, 0.3) is 10.8 Å². The van der Waals surface area contributed by atoms with Crippen LogP contribution >= 0.6 is 0 Å². The second kappa shape index (κ2) is 5.11. The van der Waals surface area contributed by atoms with E-state index < -0.39 is 0 Å².